The van der Waals surface area contributed by atoms with Crippen molar-refractivity contribution in [3.05, 3.63) is 41.2 Å². The van der Waals surface area contributed by atoms with E-state index in [1.165, 1.54) is 12.8 Å². The maximum Gasteiger partial charge on any atom is 0.246 e. The summed E-state index contributed by atoms with van der Waals surface area (Å²) in [5, 5.41) is 10.7. The Morgan fingerprint density at radius 1 is 1.14 bits per heavy atom. The summed E-state index contributed by atoms with van der Waals surface area (Å²) in [7, 11) is 0. The van der Waals surface area contributed by atoms with E-state index in [0.29, 0.717) is 25.2 Å². The molecule has 1 unspecified atom stereocenters. The molecule has 1 aliphatic heterocycles. The summed E-state index contributed by atoms with van der Waals surface area (Å²) in [5.74, 6) is 0.267. The molecule has 1 aromatic carbocycles. The number of benzene rings is 1. The molecule has 2 N–H and O–H groups in total. The Hall–Kier alpha value is -2.83. The molecule has 1 aliphatic rings. The lowest BCUT2D eigenvalue weighted by Crippen LogP contribution is -2.43. The van der Waals surface area contributed by atoms with Crippen LogP contribution in [-0.4, -0.2) is 40.7 Å². The molecule has 0 spiro atoms. The molecule has 192 valence electrons. The molecule has 0 saturated carbocycles. The molecule has 0 aliphatic carbocycles. The van der Waals surface area contributed by atoms with Crippen LogP contribution in [0.4, 0.5) is 11.4 Å². The van der Waals surface area contributed by atoms with Crippen molar-refractivity contribution in [1.29, 1.82) is 0 Å². The SMILES string of the molecule is CCCCC(NC(=O)CCc1c(C)nn(CC(C)C)c1C)C(=O)Nc1cccc(N2CCCC2)c1. The third kappa shape index (κ3) is 7.58. The van der Waals surface area contributed by atoms with Crippen LogP contribution in [0.3, 0.4) is 0 Å². The van der Waals surface area contributed by atoms with Gasteiger partial charge in [0.25, 0.3) is 0 Å². The predicted molar refractivity (Wildman–Crippen MR) is 143 cm³/mol. The summed E-state index contributed by atoms with van der Waals surface area (Å²) in [5.41, 5.74) is 5.16. The van der Waals surface area contributed by atoms with Crippen LogP contribution in [0, 0.1) is 19.8 Å². The number of carbonyl (C=O) groups is 2. The molecule has 2 heterocycles. The lowest BCUT2D eigenvalue weighted by molar-refractivity contribution is -0.126. The molecule has 1 saturated heterocycles. The average molecular weight is 482 g/mol. The number of hydrogen-bond acceptors (Lipinski definition) is 4. The second-order valence-electron chi connectivity index (χ2n) is 10.2. The van der Waals surface area contributed by atoms with Gasteiger partial charge in [0.05, 0.1) is 5.69 Å². The van der Waals surface area contributed by atoms with E-state index in [9.17, 15) is 9.59 Å². The van der Waals surface area contributed by atoms with Crippen LogP contribution in [-0.2, 0) is 22.6 Å². The summed E-state index contributed by atoms with van der Waals surface area (Å²) >= 11 is 0. The number of carbonyl (C=O) groups excluding carboxylic acids is 2. The minimum absolute atomic E-state index is 0.0949. The van der Waals surface area contributed by atoms with Gasteiger partial charge >= 0.3 is 0 Å². The van der Waals surface area contributed by atoms with Crippen LogP contribution in [0.5, 0.6) is 0 Å². The molecule has 7 nitrogen and oxygen atoms in total. The average Bonchev–Trinajstić information content (AvgIpc) is 3.44. The summed E-state index contributed by atoms with van der Waals surface area (Å²) in [4.78, 5) is 28.3. The number of aromatic nitrogens is 2. The lowest BCUT2D eigenvalue weighted by Gasteiger charge is -2.21. The quantitative estimate of drug-likeness (QED) is 0.447. The van der Waals surface area contributed by atoms with Gasteiger partial charge in [-0.2, -0.15) is 5.10 Å². The normalized spacial score (nSPS) is 14.4. The zero-order chi connectivity index (χ0) is 25.4. The molecular weight excluding hydrogens is 438 g/mol. The minimum Gasteiger partial charge on any atom is -0.371 e. The van der Waals surface area contributed by atoms with Gasteiger partial charge < -0.3 is 15.5 Å². The Morgan fingerprint density at radius 3 is 2.57 bits per heavy atom. The van der Waals surface area contributed by atoms with Gasteiger partial charge in [0.2, 0.25) is 11.8 Å². The Kier molecular flexibility index (Phi) is 9.75. The van der Waals surface area contributed by atoms with Crippen molar-refractivity contribution in [3.8, 4) is 0 Å². The van der Waals surface area contributed by atoms with Crippen LogP contribution in [0.15, 0.2) is 24.3 Å². The van der Waals surface area contributed by atoms with E-state index in [0.717, 1.165) is 60.8 Å². The summed E-state index contributed by atoms with van der Waals surface area (Å²) < 4.78 is 2.04. The second kappa shape index (κ2) is 12.8. The fourth-order valence-electron chi connectivity index (χ4n) is 4.79. The van der Waals surface area contributed by atoms with Gasteiger partial charge in [0.15, 0.2) is 0 Å². The molecule has 1 atom stereocenters. The lowest BCUT2D eigenvalue weighted by atomic mass is 10.1. The van der Waals surface area contributed by atoms with E-state index in [2.05, 4.69) is 54.4 Å². The monoisotopic (exact) mass is 481 g/mol. The molecule has 2 aromatic rings. The Labute approximate surface area is 210 Å². The first kappa shape index (κ1) is 26.8. The van der Waals surface area contributed by atoms with E-state index >= 15 is 0 Å². The van der Waals surface area contributed by atoms with Crippen LogP contribution in [0.2, 0.25) is 0 Å². The molecule has 35 heavy (non-hydrogen) atoms. The Balaban J connectivity index is 1.60. The third-order valence-electron chi connectivity index (χ3n) is 6.75. The van der Waals surface area contributed by atoms with Gasteiger partial charge in [0.1, 0.15) is 6.04 Å². The Bertz CT molecular complexity index is 991. The molecule has 3 rings (SSSR count). The van der Waals surface area contributed by atoms with E-state index in [1.54, 1.807) is 0 Å². The molecule has 7 heteroatoms. The standard InChI is InChI=1S/C28H43N5O2/c1-6-7-13-26(28(35)29-23-11-10-12-24(18-23)32-16-8-9-17-32)30-27(34)15-14-25-21(4)31-33(22(25)5)19-20(2)3/h10-12,18,20,26H,6-9,13-17,19H2,1-5H3,(H,29,35)(H,30,34). The van der Waals surface area contributed by atoms with Gasteiger partial charge in [-0.1, -0.05) is 39.7 Å². The molecule has 0 bridgehead atoms. The molecule has 2 amide bonds. The van der Waals surface area contributed by atoms with E-state index < -0.39 is 6.04 Å². The summed E-state index contributed by atoms with van der Waals surface area (Å²) in [6.07, 6.45) is 5.86. The van der Waals surface area contributed by atoms with Gasteiger partial charge in [-0.25, -0.2) is 0 Å². The fourth-order valence-corrected chi connectivity index (χ4v) is 4.79. The maximum atomic E-state index is 13.1. The highest BCUT2D eigenvalue weighted by Crippen LogP contribution is 2.23. The third-order valence-corrected chi connectivity index (χ3v) is 6.75. The number of amides is 2. The first-order chi connectivity index (χ1) is 16.8. The van der Waals surface area contributed by atoms with Crippen molar-refractivity contribution in [2.75, 3.05) is 23.3 Å². The smallest absolute Gasteiger partial charge is 0.246 e. The number of nitrogens with zero attached hydrogens (tertiary/aromatic N) is 3. The zero-order valence-electron chi connectivity index (χ0n) is 22.2. The van der Waals surface area contributed by atoms with E-state index in [-0.39, 0.29) is 11.8 Å². The van der Waals surface area contributed by atoms with Crippen molar-refractivity contribution in [2.24, 2.45) is 5.92 Å². The fraction of sp³-hybridized carbons (Fsp3) is 0.607. The van der Waals surface area contributed by atoms with Gasteiger partial charge in [-0.3, -0.25) is 14.3 Å². The van der Waals surface area contributed by atoms with Crippen molar-refractivity contribution >= 4 is 23.2 Å². The predicted octanol–water partition coefficient (Wildman–Crippen LogP) is 5.00. The first-order valence-electron chi connectivity index (χ1n) is 13.3. The van der Waals surface area contributed by atoms with E-state index in [4.69, 9.17) is 0 Å². The van der Waals surface area contributed by atoms with Gasteiger partial charge in [-0.05, 0) is 69.2 Å². The number of nitrogens with one attached hydrogen (secondary N) is 2. The van der Waals surface area contributed by atoms with Crippen LogP contribution < -0.4 is 15.5 Å². The number of aryl methyl sites for hydroxylation is 1. The van der Waals surface area contributed by atoms with Crippen molar-refractivity contribution in [1.82, 2.24) is 15.1 Å². The van der Waals surface area contributed by atoms with Gasteiger partial charge in [-0.15, -0.1) is 0 Å². The van der Waals surface area contributed by atoms with Crippen molar-refractivity contribution in [3.63, 3.8) is 0 Å². The van der Waals surface area contributed by atoms with Crippen LogP contribution >= 0.6 is 0 Å². The summed E-state index contributed by atoms with van der Waals surface area (Å²) in [6.45, 7) is 13.5. The molecule has 0 radical (unpaired) electrons. The maximum absolute atomic E-state index is 13.1. The molecule has 1 fully saturated rings. The number of anilines is 2. The van der Waals surface area contributed by atoms with E-state index in [1.807, 2.05) is 29.8 Å². The van der Waals surface area contributed by atoms with Gasteiger partial charge in [0, 0.05) is 43.1 Å². The summed E-state index contributed by atoms with van der Waals surface area (Å²) in [6, 6.07) is 7.47. The number of unbranched alkanes of at least 4 members (excludes halogenated alkanes) is 1. The minimum atomic E-state index is -0.538. The highest BCUT2D eigenvalue weighted by Gasteiger charge is 2.22. The largest absolute Gasteiger partial charge is 0.371 e. The molecular formula is C28H43N5O2. The first-order valence-corrected chi connectivity index (χ1v) is 13.3. The van der Waals surface area contributed by atoms with Crippen LogP contribution in [0.1, 0.15) is 76.2 Å². The van der Waals surface area contributed by atoms with Crippen molar-refractivity contribution in [2.45, 2.75) is 92.2 Å². The Morgan fingerprint density at radius 2 is 1.89 bits per heavy atom. The number of rotatable bonds is 12. The highest BCUT2D eigenvalue weighted by molar-refractivity contribution is 5.97. The topological polar surface area (TPSA) is 79.3 Å². The second-order valence-corrected chi connectivity index (χ2v) is 10.2. The van der Waals surface area contributed by atoms with Crippen molar-refractivity contribution < 1.29 is 9.59 Å². The number of hydrogen-bond donors (Lipinski definition) is 2. The van der Waals surface area contributed by atoms with Crippen LogP contribution in [0.25, 0.3) is 0 Å². The molecule has 1 aromatic heterocycles. The zero-order valence-corrected chi connectivity index (χ0v) is 22.2. The highest BCUT2D eigenvalue weighted by atomic mass is 16.2.